The number of furan rings is 1. The van der Waals surface area contributed by atoms with Crippen LogP contribution in [-0.4, -0.2) is 77.1 Å². The van der Waals surface area contributed by atoms with E-state index >= 15 is 0 Å². The van der Waals surface area contributed by atoms with Gasteiger partial charge in [-0.25, -0.2) is 0 Å². The van der Waals surface area contributed by atoms with Crippen molar-refractivity contribution >= 4 is 29.9 Å². The highest BCUT2D eigenvalue weighted by molar-refractivity contribution is 14.0. The van der Waals surface area contributed by atoms with Gasteiger partial charge in [-0.3, -0.25) is 9.89 Å². The molecular weight excluding hydrogens is 447 g/mol. The zero-order valence-electron chi connectivity index (χ0n) is 15.7. The Labute approximate surface area is 173 Å². The summed E-state index contributed by atoms with van der Waals surface area (Å²) in [6, 6.07) is 3.91. The van der Waals surface area contributed by atoms with Gasteiger partial charge in [0.2, 0.25) is 0 Å². The van der Waals surface area contributed by atoms with Gasteiger partial charge in [0.25, 0.3) is 0 Å². The molecule has 0 spiro atoms. The Morgan fingerprint density at radius 2 is 2.04 bits per heavy atom. The molecule has 0 bridgehead atoms. The minimum absolute atomic E-state index is 0. The normalized spacial score (nSPS) is 15.5. The summed E-state index contributed by atoms with van der Waals surface area (Å²) < 4.78 is 15.8. The Morgan fingerprint density at radius 3 is 2.77 bits per heavy atom. The van der Waals surface area contributed by atoms with Gasteiger partial charge in [0.05, 0.1) is 19.5 Å². The number of aliphatic imine (C=N–C) groups is 1. The van der Waals surface area contributed by atoms with Crippen LogP contribution in [0.4, 0.5) is 0 Å². The number of halogens is 1. The smallest absolute Gasteiger partial charge is 0.191 e. The SMILES string of the molecule is COCCCN=C(NCCCN1CCOCC1)NCCc1ccco1.I. The van der Waals surface area contributed by atoms with E-state index in [1.165, 1.54) is 0 Å². The fourth-order valence-corrected chi connectivity index (χ4v) is 2.67. The molecule has 1 aliphatic heterocycles. The van der Waals surface area contributed by atoms with E-state index < -0.39 is 0 Å². The van der Waals surface area contributed by atoms with E-state index in [9.17, 15) is 0 Å². The molecule has 0 aliphatic carbocycles. The average molecular weight is 480 g/mol. The second-order valence-electron chi connectivity index (χ2n) is 6.07. The van der Waals surface area contributed by atoms with Gasteiger partial charge in [-0.2, -0.15) is 0 Å². The highest BCUT2D eigenvalue weighted by Crippen LogP contribution is 1.99. The van der Waals surface area contributed by atoms with Crippen LogP contribution in [-0.2, 0) is 15.9 Å². The molecule has 0 amide bonds. The van der Waals surface area contributed by atoms with E-state index in [1.54, 1.807) is 13.4 Å². The fourth-order valence-electron chi connectivity index (χ4n) is 2.67. The van der Waals surface area contributed by atoms with Crippen LogP contribution in [0.2, 0.25) is 0 Å². The predicted octanol–water partition coefficient (Wildman–Crippen LogP) is 1.73. The fraction of sp³-hybridized carbons (Fsp3) is 0.722. The number of morpholine rings is 1. The maximum atomic E-state index is 5.38. The molecule has 26 heavy (non-hydrogen) atoms. The van der Waals surface area contributed by atoms with Gasteiger partial charge < -0.3 is 24.5 Å². The number of ether oxygens (including phenoxy) is 2. The van der Waals surface area contributed by atoms with Crippen molar-refractivity contribution in [1.82, 2.24) is 15.5 Å². The summed E-state index contributed by atoms with van der Waals surface area (Å²) in [5.41, 5.74) is 0. The molecule has 1 aromatic rings. The van der Waals surface area contributed by atoms with Crippen molar-refractivity contribution in [2.75, 3.05) is 66.2 Å². The molecule has 2 N–H and O–H groups in total. The Bertz CT molecular complexity index is 465. The largest absolute Gasteiger partial charge is 0.469 e. The summed E-state index contributed by atoms with van der Waals surface area (Å²) in [7, 11) is 1.72. The summed E-state index contributed by atoms with van der Waals surface area (Å²) in [5.74, 6) is 1.85. The number of guanidine groups is 1. The molecule has 0 atom stereocenters. The first kappa shape index (κ1) is 23.2. The molecule has 1 aliphatic rings. The van der Waals surface area contributed by atoms with Crippen LogP contribution in [0.25, 0.3) is 0 Å². The van der Waals surface area contributed by atoms with Gasteiger partial charge in [0.1, 0.15) is 5.76 Å². The maximum absolute atomic E-state index is 5.38. The predicted molar refractivity (Wildman–Crippen MR) is 115 cm³/mol. The molecular formula is C18H33IN4O3. The van der Waals surface area contributed by atoms with Crippen LogP contribution in [0.3, 0.4) is 0 Å². The molecule has 1 saturated heterocycles. The Hall–Kier alpha value is -0.840. The molecule has 0 saturated carbocycles. The van der Waals surface area contributed by atoms with Crippen molar-refractivity contribution in [3.63, 3.8) is 0 Å². The van der Waals surface area contributed by atoms with Gasteiger partial charge in [0, 0.05) is 52.9 Å². The lowest BCUT2D eigenvalue weighted by molar-refractivity contribution is 0.0376. The van der Waals surface area contributed by atoms with Crippen molar-refractivity contribution in [2.45, 2.75) is 19.3 Å². The van der Waals surface area contributed by atoms with Crippen molar-refractivity contribution < 1.29 is 13.9 Å². The lowest BCUT2D eigenvalue weighted by atomic mass is 10.3. The summed E-state index contributed by atoms with van der Waals surface area (Å²) in [4.78, 5) is 7.06. The minimum Gasteiger partial charge on any atom is -0.469 e. The first-order chi connectivity index (χ1) is 12.4. The zero-order chi connectivity index (χ0) is 17.6. The number of methoxy groups -OCH3 is 1. The molecule has 2 rings (SSSR count). The summed E-state index contributed by atoms with van der Waals surface area (Å²) in [6.07, 6.45) is 4.57. The topological polar surface area (TPSA) is 71.3 Å². The van der Waals surface area contributed by atoms with Gasteiger partial charge >= 0.3 is 0 Å². The van der Waals surface area contributed by atoms with Gasteiger partial charge in [0.15, 0.2) is 5.96 Å². The summed E-state index contributed by atoms with van der Waals surface area (Å²) in [5, 5.41) is 6.80. The standard InChI is InChI=1S/C18H32N4O3.HI/c1-23-13-4-8-20-18(21-9-6-17-5-2-14-25-17)19-7-3-10-22-11-15-24-16-12-22;/h2,5,14H,3-4,6-13,15-16H2,1H3,(H2,19,20,21);1H. The maximum Gasteiger partial charge on any atom is 0.191 e. The highest BCUT2D eigenvalue weighted by Gasteiger charge is 2.09. The van der Waals surface area contributed by atoms with E-state index in [2.05, 4.69) is 20.5 Å². The minimum atomic E-state index is 0. The van der Waals surface area contributed by atoms with E-state index in [1.807, 2.05) is 12.1 Å². The molecule has 1 aromatic heterocycles. The number of nitrogens with zero attached hydrogens (tertiary/aromatic N) is 2. The Morgan fingerprint density at radius 1 is 1.23 bits per heavy atom. The molecule has 7 nitrogen and oxygen atoms in total. The van der Waals surface area contributed by atoms with Crippen molar-refractivity contribution in [3.05, 3.63) is 24.2 Å². The van der Waals surface area contributed by atoms with Crippen LogP contribution < -0.4 is 10.6 Å². The summed E-state index contributed by atoms with van der Waals surface area (Å²) >= 11 is 0. The average Bonchev–Trinajstić information content (AvgIpc) is 3.16. The number of nitrogens with one attached hydrogen (secondary N) is 2. The zero-order valence-corrected chi connectivity index (χ0v) is 18.1. The molecule has 8 heteroatoms. The van der Waals surface area contributed by atoms with Crippen LogP contribution in [0.5, 0.6) is 0 Å². The first-order valence-corrected chi connectivity index (χ1v) is 9.22. The highest BCUT2D eigenvalue weighted by atomic mass is 127. The van der Waals surface area contributed by atoms with E-state index in [-0.39, 0.29) is 24.0 Å². The second-order valence-corrected chi connectivity index (χ2v) is 6.07. The third-order valence-corrected chi connectivity index (χ3v) is 4.07. The van der Waals surface area contributed by atoms with Crippen LogP contribution in [0.15, 0.2) is 27.8 Å². The summed E-state index contributed by atoms with van der Waals surface area (Å²) in [6.45, 7) is 8.09. The van der Waals surface area contributed by atoms with Crippen molar-refractivity contribution in [2.24, 2.45) is 4.99 Å². The van der Waals surface area contributed by atoms with Crippen molar-refractivity contribution in [1.29, 1.82) is 0 Å². The van der Waals surface area contributed by atoms with Crippen LogP contribution in [0, 0.1) is 0 Å². The molecule has 0 unspecified atom stereocenters. The lowest BCUT2D eigenvalue weighted by Gasteiger charge is -2.26. The van der Waals surface area contributed by atoms with E-state index in [0.717, 1.165) is 90.1 Å². The molecule has 0 radical (unpaired) electrons. The monoisotopic (exact) mass is 480 g/mol. The molecule has 150 valence electrons. The number of hydrogen-bond donors (Lipinski definition) is 2. The van der Waals surface area contributed by atoms with Gasteiger partial charge in [-0.1, -0.05) is 0 Å². The van der Waals surface area contributed by atoms with E-state index in [0.29, 0.717) is 0 Å². The Balaban J connectivity index is 0.00000338. The first-order valence-electron chi connectivity index (χ1n) is 9.22. The molecule has 0 aromatic carbocycles. The lowest BCUT2D eigenvalue weighted by Crippen LogP contribution is -2.41. The Kier molecular flexibility index (Phi) is 13.6. The number of rotatable bonds is 11. The quantitative estimate of drug-likeness (QED) is 0.218. The number of hydrogen-bond acceptors (Lipinski definition) is 5. The van der Waals surface area contributed by atoms with Gasteiger partial charge in [-0.15, -0.1) is 24.0 Å². The third kappa shape index (κ3) is 10.3. The van der Waals surface area contributed by atoms with Crippen LogP contribution >= 0.6 is 24.0 Å². The third-order valence-electron chi connectivity index (χ3n) is 4.07. The van der Waals surface area contributed by atoms with Gasteiger partial charge in [-0.05, 0) is 31.5 Å². The van der Waals surface area contributed by atoms with Crippen molar-refractivity contribution in [3.8, 4) is 0 Å². The van der Waals surface area contributed by atoms with E-state index in [4.69, 9.17) is 13.9 Å². The molecule has 1 fully saturated rings. The molecule has 2 heterocycles. The van der Waals surface area contributed by atoms with Crippen LogP contribution in [0.1, 0.15) is 18.6 Å². The second kappa shape index (κ2) is 15.2.